The summed E-state index contributed by atoms with van der Waals surface area (Å²) in [6, 6.07) is 23.4. The number of carbonyl (C=O) groups excluding carboxylic acids is 4. The fraction of sp³-hybridized carbons (Fsp3) is 0.453. The van der Waals surface area contributed by atoms with E-state index in [0.29, 0.717) is 29.9 Å². The Kier molecular flexibility index (Phi) is 15.4. The highest BCUT2D eigenvalue weighted by Crippen LogP contribution is 2.38. The molecule has 1 spiro atoms. The topological polar surface area (TPSA) is 162 Å². The molecule has 0 bridgehead atoms. The average molecular weight is 986 g/mol. The van der Waals surface area contributed by atoms with Crippen LogP contribution in [0.25, 0.3) is 22.5 Å². The van der Waals surface area contributed by atoms with E-state index >= 15 is 0 Å². The van der Waals surface area contributed by atoms with E-state index in [1.165, 1.54) is 13.5 Å². The van der Waals surface area contributed by atoms with Gasteiger partial charge in [-0.15, -0.1) is 22.7 Å². The number of piperazine rings is 2. The first kappa shape index (κ1) is 49.0. The molecular formula is C53H63N9O6S2. The summed E-state index contributed by atoms with van der Waals surface area (Å²) >= 11 is 3.33. The first-order chi connectivity index (χ1) is 34.0. The van der Waals surface area contributed by atoms with Crippen LogP contribution in [-0.2, 0) is 23.9 Å². The van der Waals surface area contributed by atoms with Crippen molar-refractivity contribution >= 4 is 62.6 Å². The van der Waals surface area contributed by atoms with Crippen molar-refractivity contribution in [1.82, 2.24) is 30.4 Å². The number of likely N-dealkylation sites (N-methyl/N-ethyl adjacent to an activating group) is 2. The number of carbonyl (C=O) groups is 4. The molecule has 70 heavy (non-hydrogen) atoms. The SMILES string of the molecule is CN1CCN(c2nc(-c3ccc(C4=NC5(CCCCC5)C(=O)O4)cc3)cs2)CC1.COC(=O)[C@@H](NC(=O)C1(NC(=O)c2ccc(-c3csc(N4CCN(C)CC4)n3)cc2)CCCCC1)c1ccccc1. The molecule has 3 aromatic carbocycles. The minimum absolute atomic E-state index is 0.174. The Morgan fingerprint density at radius 1 is 0.657 bits per heavy atom. The molecule has 17 heteroatoms. The molecular weight excluding hydrogens is 923 g/mol. The molecule has 4 fully saturated rings. The van der Waals surface area contributed by atoms with Gasteiger partial charge in [-0.2, -0.15) is 0 Å². The van der Waals surface area contributed by atoms with Crippen LogP contribution in [0.2, 0.25) is 0 Å². The maximum absolute atomic E-state index is 13.7. The maximum Gasteiger partial charge on any atom is 0.340 e. The predicted molar refractivity (Wildman–Crippen MR) is 276 cm³/mol. The molecule has 5 heterocycles. The summed E-state index contributed by atoms with van der Waals surface area (Å²) in [4.78, 5) is 76.0. The third kappa shape index (κ3) is 11.1. The molecule has 5 aliphatic rings. The van der Waals surface area contributed by atoms with Crippen molar-refractivity contribution in [3.05, 3.63) is 106 Å². The van der Waals surface area contributed by atoms with Gasteiger partial charge in [0.25, 0.3) is 5.91 Å². The van der Waals surface area contributed by atoms with Crippen LogP contribution < -0.4 is 20.4 Å². The Labute approximate surface area is 418 Å². The number of nitrogens with one attached hydrogen (secondary N) is 2. The molecule has 2 N–H and O–H groups in total. The number of ether oxygens (including phenoxy) is 2. The van der Waals surface area contributed by atoms with E-state index in [1.807, 2.05) is 42.5 Å². The van der Waals surface area contributed by atoms with Gasteiger partial charge in [-0.05, 0) is 69.6 Å². The standard InChI is InChI=1S/C31H37N5O4S.C22H26N4O2S/c1-35-17-19-36(20-18-35)30-32-25(21-41-30)22-11-13-24(14-12-22)27(37)34-31(15-7-4-8-16-31)29(39)33-26(28(38)40-2)23-9-5-3-6-10-23;1-25-11-13-26(14-12-25)21-23-18(15-29-21)16-5-7-17(8-6-16)19-24-22(20(27)28-19)9-3-2-4-10-22/h3,5-6,9-14,21,26H,4,7-8,15-20H2,1-2H3,(H,33,39)(H,34,37);5-8,15H,2-4,9-14H2,1H3/t26-;/m0./s1. The second kappa shape index (κ2) is 22.0. The van der Waals surface area contributed by atoms with Crippen LogP contribution in [0.4, 0.5) is 10.3 Å². The molecule has 5 aromatic rings. The lowest BCUT2D eigenvalue weighted by atomic mass is 9.80. The number of aliphatic imine (C=N–C) groups is 1. The lowest BCUT2D eigenvalue weighted by Crippen LogP contribution is -2.60. The Morgan fingerprint density at radius 2 is 1.16 bits per heavy atom. The highest BCUT2D eigenvalue weighted by Gasteiger charge is 2.47. The Bertz CT molecular complexity index is 2630. The summed E-state index contributed by atoms with van der Waals surface area (Å²) in [5.74, 6) is -0.956. The van der Waals surface area contributed by atoms with Crippen molar-refractivity contribution in [2.75, 3.05) is 83.4 Å². The number of aromatic nitrogens is 2. The molecule has 15 nitrogen and oxygen atoms in total. The largest absolute Gasteiger partial charge is 0.467 e. The van der Waals surface area contributed by atoms with Crippen LogP contribution in [0.1, 0.15) is 91.7 Å². The van der Waals surface area contributed by atoms with Crippen molar-refractivity contribution < 1.29 is 28.7 Å². The van der Waals surface area contributed by atoms with E-state index in [2.05, 4.69) is 55.1 Å². The van der Waals surface area contributed by atoms with E-state index in [1.54, 1.807) is 59.1 Å². The van der Waals surface area contributed by atoms with Gasteiger partial charge in [-0.3, -0.25) is 9.59 Å². The lowest BCUT2D eigenvalue weighted by Gasteiger charge is -2.37. The van der Waals surface area contributed by atoms with Gasteiger partial charge in [-0.1, -0.05) is 93.1 Å². The number of anilines is 2. The zero-order chi connectivity index (χ0) is 48.7. The number of hydrogen-bond donors (Lipinski definition) is 2. The molecule has 0 unspecified atom stereocenters. The van der Waals surface area contributed by atoms with E-state index in [9.17, 15) is 19.2 Å². The van der Waals surface area contributed by atoms with Crippen LogP contribution in [0.5, 0.6) is 0 Å². The number of amides is 2. The molecule has 2 amide bonds. The summed E-state index contributed by atoms with van der Waals surface area (Å²) in [6.45, 7) is 8.16. The van der Waals surface area contributed by atoms with Gasteiger partial charge in [0.1, 0.15) is 5.54 Å². The number of rotatable bonds is 11. The van der Waals surface area contributed by atoms with E-state index in [-0.39, 0.29) is 17.8 Å². The first-order valence-corrected chi connectivity index (χ1v) is 26.4. The van der Waals surface area contributed by atoms with E-state index < -0.39 is 23.1 Å². The number of hydrogen-bond acceptors (Lipinski definition) is 15. The van der Waals surface area contributed by atoms with Crippen LogP contribution in [0.15, 0.2) is 94.6 Å². The minimum Gasteiger partial charge on any atom is -0.467 e. The summed E-state index contributed by atoms with van der Waals surface area (Å²) in [6.07, 6.45) is 8.48. The zero-order valence-corrected chi connectivity index (χ0v) is 42.0. The van der Waals surface area contributed by atoms with Crippen LogP contribution in [0.3, 0.4) is 0 Å². The number of cyclic esters (lactones) is 1. The van der Waals surface area contributed by atoms with E-state index in [0.717, 1.165) is 136 Å². The van der Waals surface area contributed by atoms with Crippen LogP contribution >= 0.6 is 22.7 Å². The van der Waals surface area contributed by atoms with Crippen molar-refractivity contribution in [3.63, 3.8) is 0 Å². The normalized spacial score (nSPS) is 19.6. The second-order valence-electron chi connectivity index (χ2n) is 19.1. The van der Waals surface area contributed by atoms with E-state index in [4.69, 9.17) is 24.4 Å². The number of nitrogens with zero attached hydrogens (tertiary/aromatic N) is 7. The zero-order valence-electron chi connectivity index (χ0n) is 40.4. The number of thiazole rings is 2. The lowest BCUT2D eigenvalue weighted by molar-refractivity contribution is -0.146. The summed E-state index contributed by atoms with van der Waals surface area (Å²) in [5.41, 5.74) is 4.10. The van der Waals surface area contributed by atoms with Crippen molar-refractivity contribution in [2.24, 2.45) is 4.99 Å². The number of esters is 2. The fourth-order valence-corrected chi connectivity index (χ4v) is 11.6. The van der Waals surface area contributed by atoms with Gasteiger partial charge in [-0.25, -0.2) is 24.5 Å². The van der Waals surface area contributed by atoms with Gasteiger partial charge in [0, 0.05) is 85.4 Å². The molecule has 10 rings (SSSR count). The minimum atomic E-state index is -1.11. The Hall–Kier alpha value is -6.01. The quantitative estimate of drug-likeness (QED) is 0.125. The maximum atomic E-state index is 13.7. The van der Waals surface area contributed by atoms with Gasteiger partial charge in [0.2, 0.25) is 11.8 Å². The molecule has 3 aliphatic heterocycles. The Morgan fingerprint density at radius 3 is 1.69 bits per heavy atom. The number of benzene rings is 3. The molecule has 2 saturated carbocycles. The third-order valence-corrected chi connectivity index (χ3v) is 16.1. The molecule has 2 saturated heterocycles. The Balaban J connectivity index is 0.000000184. The summed E-state index contributed by atoms with van der Waals surface area (Å²) in [5, 5.41) is 12.2. The predicted octanol–water partition coefficient (Wildman–Crippen LogP) is 7.59. The summed E-state index contributed by atoms with van der Waals surface area (Å²) in [7, 11) is 5.59. The van der Waals surface area contributed by atoms with Crippen LogP contribution in [0, 0.1) is 0 Å². The number of methoxy groups -OCH3 is 1. The van der Waals surface area contributed by atoms with Crippen molar-refractivity contribution in [2.45, 2.75) is 81.3 Å². The van der Waals surface area contributed by atoms with Gasteiger partial charge >= 0.3 is 11.9 Å². The van der Waals surface area contributed by atoms with Gasteiger partial charge in [0.05, 0.1) is 18.5 Å². The first-order valence-electron chi connectivity index (χ1n) is 24.6. The smallest absolute Gasteiger partial charge is 0.340 e. The highest BCUT2D eigenvalue weighted by atomic mass is 32.1. The van der Waals surface area contributed by atoms with Crippen molar-refractivity contribution in [3.8, 4) is 22.5 Å². The monoisotopic (exact) mass is 985 g/mol. The fourth-order valence-electron chi connectivity index (χ4n) is 9.84. The van der Waals surface area contributed by atoms with Gasteiger partial charge in [0.15, 0.2) is 21.8 Å². The third-order valence-electron chi connectivity index (χ3n) is 14.3. The molecule has 2 aromatic heterocycles. The second-order valence-corrected chi connectivity index (χ2v) is 20.8. The molecule has 0 radical (unpaired) electrons. The average Bonchev–Trinajstić information content (AvgIpc) is 4.17. The van der Waals surface area contributed by atoms with Gasteiger partial charge < -0.3 is 39.7 Å². The summed E-state index contributed by atoms with van der Waals surface area (Å²) < 4.78 is 10.5. The highest BCUT2D eigenvalue weighted by molar-refractivity contribution is 7.14. The van der Waals surface area contributed by atoms with Crippen molar-refractivity contribution in [1.29, 1.82) is 0 Å². The van der Waals surface area contributed by atoms with Crippen LogP contribution in [-0.4, -0.2) is 134 Å². The molecule has 1 atom stereocenters. The molecule has 2 aliphatic carbocycles. The molecule has 368 valence electrons.